The SMILES string of the molecule is C=C(CCCCC)C(=O)OC(C)C. The van der Waals surface area contributed by atoms with E-state index in [0.29, 0.717) is 5.57 Å². The monoisotopic (exact) mass is 184 g/mol. The van der Waals surface area contributed by atoms with E-state index in [1.54, 1.807) is 0 Å². The average Bonchev–Trinajstić information content (AvgIpc) is 2.03. The van der Waals surface area contributed by atoms with Gasteiger partial charge < -0.3 is 4.74 Å². The number of carbonyl (C=O) groups is 1. The first-order valence-electron chi connectivity index (χ1n) is 4.96. The lowest BCUT2D eigenvalue weighted by molar-refractivity contribution is -0.142. The molecule has 0 aliphatic heterocycles. The van der Waals surface area contributed by atoms with E-state index in [0.717, 1.165) is 25.7 Å². The molecule has 2 nitrogen and oxygen atoms in total. The third-order valence-corrected chi connectivity index (χ3v) is 1.71. The van der Waals surface area contributed by atoms with E-state index in [1.165, 1.54) is 0 Å². The molecule has 0 aromatic rings. The summed E-state index contributed by atoms with van der Waals surface area (Å²) in [4.78, 5) is 11.2. The van der Waals surface area contributed by atoms with E-state index < -0.39 is 0 Å². The Bertz CT molecular complexity index is 171. The zero-order chi connectivity index (χ0) is 10.3. The highest BCUT2D eigenvalue weighted by atomic mass is 16.5. The maximum Gasteiger partial charge on any atom is 0.333 e. The minimum absolute atomic E-state index is 0.0459. The van der Waals surface area contributed by atoms with Gasteiger partial charge in [-0.05, 0) is 26.7 Å². The number of hydrogen-bond donors (Lipinski definition) is 0. The largest absolute Gasteiger partial charge is 0.460 e. The molecule has 0 heterocycles. The molecule has 0 saturated heterocycles. The molecule has 0 spiro atoms. The molecule has 0 fully saturated rings. The molecule has 0 atom stereocenters. The Hall–Kier alpha value is -0.790. The van der Waals surface area contributed by atoms with Crippen molar-refractivity contribution in [3.8, 4) is 0 Å². The topological polar surface area (TPSA) is 26.3 Å². The highest BCUT2D eigenvalue weighted by Gasteiger charge is 2.09. The number of esters is 1. The number of hydrogen-bond acceptors (Lipinski definition) is 2. The van der Waals surface area contributed by atoms with Crippen LogP contribution < -0.4 is 0 Å². The van der Waals surface area contributed by atoms with Crippen LogP contribution in [0.1, 0.15) is 46.5 Å². The molecule has 0 N–H and O–H groups in total. The van der Waals surface area contributed by atoms with Crippen molar-refractivity contribution in [1.29, 1.82) is 0 Å². The second-order valence-corrected chi connectivity index (χ2v) is 3.51. The van der Waals surface area contributed by atoms with Crippen molar-refractivity contribution in [1.82, 2.24) is 0 Å². The van der Waals surface area contributed by atoms with Crippen molar-refractivity contribution in [2.45, 2.75) is 52.6 Å². The van der Waals surface area contributed by atoms with Gasteiger partial charge in [0.2, 0.25) is 0 Å². The first-order valence-corrected chi connectivity index (χ1v) is 4.96. The van der Waals surface area contributed by atoms with Crippen LogP contribution >= 0.6 is 0 Å². The third-order valence-electron chi connectivity index (χ3n) is 1.71. The van der Waals surface area contributed by atoms with E-state index in [-0.39, 0.29) is 12.1 Å². The number of carbonyl (C=O) groups excluding carboxylic acids is 1. The smallest absolute Gasteiger partial charge is 0.333 e. The predicted octanol–water partition coefficient (Wildman–Crippen LogP) is 3.07. The Morgan fingerprint density at radius 3 is 2.46 bits per heavy atom. The second kappa shape index (κ2) is 6.70. The van der Waals surface area contributed by atoms with Crippen LogP contribution in [0.2, 0.25) is 0 Å². The average molecular weight is 184 g/mol. The minimum atomic E-state index is -0.244. The molecule has 0 aromatic carbocycles. The van der Waals surface area contributed by atoms with E-state index in [2.05, 4.69) is 13.5 Å². The molecule has 0 bridgehead atoms. The van der Waals surface area contributed by atoms with E-state index in [1.807, 2.05) is 13.8 Å². The minimum Gasteiger partial charge on any atom is -0.460 e. The van der Waals surface area contributed by atoms with Crippen LogP contribution in [0.5, 0.6) is 0 Å². The van der Waals surface area contributed by atoms with E-state index in [4.69, 9.17) is 4.74 Å². The highest BCUT2D eigenvalue weighted by molar-refractivity contribution is 5.87. The van der Waals surface area contributed by atoms with Crippen LogP contribution in [0, 0.1) is 0 Å². The fraction of sp³-hybridized carbons (Fsp3) is 0.727. The van der Waals surface area contributed by atoms with Crippen molar-refractivity contribution >= 4 is 5.97 Å². The maximum atomic E-state index is 11.2. The van der Waals surface area contributed by atoms with Crippen molar-refractivity contribution in [3.05, 3.63) is 12.2 Å². The number of ether oxygens (including phenoxy) is 1. The van der Waals surface area contributed by atoms with Gasteiger partial charge in [0.15, 0.2) is 0 Å². The fourth-order valence-corrected chi connectivity index (χ4v) is 0.988. The second-order valence-electron chi connectivity index (χ2n) is 3.51. The van der Waals surface area contributed by atoms with Crippen LogP contribution in [0.4, 0.5) is 0 Å². The highest BCUT2D eigenvalue weighted by Crippen LogP contribution is 2.09. The summed E-state index contributed by atoms with van der Waals surface area (Å²) in [5.74, 6) is -0.244. The normalized spacial score (nSPS) is 10.2. The van der Waals surface area contributed by atoms with Gasteiger partial charge in [-0.1, -0.05) is 26.3 Å². The molecule has 0 unspecified atom stereocenters. The van der Waals surface area contributed by atoms with Gasteiger partial charge in [0.25, 0.3) is 0 Å². The summed E-state index contributed by atoms with van der Waals surface area (Å²) in [5.41, 5.74) is 0.599. The Balaban J connectivity index is 3.64. The van der Waals surface area contributed by atoms with Crippen molar-refractivity contribution in [2.75, 3.05) is 0 Å². The predicted molar refractivity (Wildman–Crippen MR) is 54.5 cm³/mol. The lowest BCUT2D eigenvalue weighted by Gasteiger charge is -2.09. The first kappa shape index (κ1) is 12.2. The van der Waals surface area contributed by atoms with Gasteiger partial charge in [-0.25, -0.2) is 4.79 Å². The summed E-state index contributed by atoms with van der Waals surface area (Å²) < 4.78 is 5.00. The lowest BCUT2D eigenvalue weighted by atomic mass is 10.1. The molecule has 0 saturated carbocycles. The molecule has 76 valence electrons. The summed E-state index contributed by atoms with van der Waals surface area (Å²) >= 11 is 0. The van der Waals surface area contributed by atoms with Gasteiger partial charge in [-0.3, -0.25) is 0 Å². The Morgan fingerprint density at radius 1 is 1.38 bits per heavy atom. The number of rotatable bonds is 6. The summed E-state index contributed by atoms with van der Waals surface area (Å²) in [6.07, 6.45) is 4.05. The Morgan fingerprint density at radius 2 is 2.00 bits per heavy atom. The molecular formula is C11H20O2. The van der Waals surface area contributed by atoms with Crippen LogP contribution in [0.3, 0.4) is 0 Å². The quantitative estimate of drug-likeness (QED) is 0.360. The standard InChI is InChI=1S/C11H20O2/c1-5-6-7-8-10(4)11(12)13-9(2)3/h9H,4-8H2,1-3H3. The zero-order valence-corrected chi connectivity index (χ0v) is 8.93. The fourth-order valence-electron chi connectivity index (χ4n) is 0.988. The molecule has 2 heteroatoms. The molecule has 0 radical (unpaired) electrons. The Kier molecular flexibility index (Phi) is 6.29. The van der Waals surface area contributed by atoms with Crippen molar-refractivity contribution in [2.24, 2.45) is 0 Å². The van der Waals surface area contributed by atoms with Gasteiger partial charge >= 0.3 is 5.97 Å². The van der Waals surface area contributed by atoms with Crippen LogP contribution in [-0.2, 0) is 9.53 Å². The summed E-state index contributed by atoms with van der Waals surface area (Å²) in [6, 6.07) is 0. The molecule has 0 rings (SSSR count). The molecular weight excluding hydrogens is 164 g/mol. The number of unbranched alkanes of at least 4 members (excludes halogenated alkanes) is 2. The van der Waals surface area contributed by atoms with Crippen molar-refractivity contribution in [3.63, 3.8) is 0 Å². The summed E-state index contributed by atoms with van der Waals surface area (Å²) in [6.45, 7) is 9.53. The van der Waals surface area contributed by atoms with Gasteiger partial charge in [-0.2, -0.15) is 0 Å². The summed E-state index contributed by atoms with van der Waals surface area (Å²) in [5, 5.41) is 0. The van der Waals surface area contributed by atoms with Gasteiger partial charge in [0.1, 0.15) is 0 Å². The van der Waals surface area contributed by atoms with Gasteiger partial charge in [-0.15, -0.1) is 0 Å². The Labute approximate surface area is 81.0 Å². The molecule has 0 aliphatic rings. The third kappa shape index (κ3) is 6.38. The molecule has 0 aliphatic carbocycles. The summed E-state index contributed by atoms with van der Waals surface area (Å²) in [7, 11) is 0. The lowest BCUT2D eigenvalue weighted by Crippen LogP contribution is -2.12. The molecule has 0 aromatic heterocycles. The van der Waals surface area contributed by atoms with E-state index in [9.17, 15) is 4.79 Å². The van der Waals surface area contributed by atoms with Crippen LogP contribution in [-0.4, -0.2) is 12.1 Å². The first-order chi connectivity index (χ1) is 6.07. The van der Waals surface area contributed by atoms with Gasteiger partial charge in [0.05, 0.1) is 6.10 Å². The molecule has 13 heavy (non-hydrogen) atoms. The molecule has 0 amide bonds. The van der Waals surface area contributed by atoms with Crippen LogP contribution in [0.15, 0.2) is 12.2 Å². The van der Waals surface area contributed by atoms with Crippen LogP contribution in [0.25, 0.3) is 0 Å². The van der Waals surface area contributed by atoms with Gasteiger partial charge in [0, 0.05) is 5.57 Å². The van der Waals surface area contributed by atoms with Crippen molar-refractivity contribution < 1.29 is 9.53 Å². The van der Waals surface area contributed by atoms with E-state index >= 15 is 0 Å². The maximum absolute atomic E-state index is 11.2. The zero-order valence-electron chi connectivity index (χ0n) is 8.93.